The third-order valence-corrected chi connectivity index (χ3v) is 3.71. The van der Waals surface area contributed by atoms with Gasteiger partial charge in [0.15, 0.2) is 0 Å². The van der Waals surface area contributed by atoms with Crippen molar-refractivity contribution in [3.8, 4) is 0 Å². The lowest BCUT2D eigenvalue weighted by Gasteiger charge is -2.14. The van der Waals surface area contributed by atoms with E-state index >= 15 is 0 Å². The molecule has 2 aromatic carbocycles. The minimum absolute atomic E-state index is 0.114. The number of benzene rings is 2. The normalized spacial score (nSPS) is 14.3. The molecule has 4 rings (SSSR count). The van der Waals surface area contributed by atoms with Gasteiger partial charge >= 0.3 is 0 Å². The number of hydrogen-bond acceptors (Lipinski definition) is 2. The smallest absolute Gasteiger partial charge is 0.149 e. The molecule has 0 N–H and O–H groups in total. The highest BCUT2D eigenvalue weighted by Crippen LogP contribution is 2.37. The van der Waals surface area contributed by atoms with Gasteiger partial charge in [0, 0.05) is 23.2 Å². The number of pyridine rings is 1. The fourth-order valence-electron chi connectivity index (χ4n) is 2.48. The van der Waals surface area contributed by atoms with Gasteiger partial charge in [-0.25, -0.2) is 4.39 Å². The first-order chi connectivity index (χ1) is 10.6. The lowest BCUT2D eigenvalue weighted by Crippen LogP contribution is -2.14. The molecule has 0 saturated carbocycles. The van der Waals surface area contributed by atoms with Gasteiger partial charge in [0.25, 0.3) is 0 Å². The summed E-state index contributed by atoms with van der Waals surface area (Å²) in [5.74, 6) is -0.227. The molecule has 0 amide bonds. The van der Waals surface area contributed by atoms with Crippen LogP contribution in [0.2, 0.25) is 0 Å². The number of fused-ring (bicyclic) bond motifs is 2. The van der Waals surface area contributed by atoms with Crippen LogP contribution in [0, 0.1) is 5.82 Å². The minimum Gasteiger partial charge on any atom is -0.257 e. The van der Waals surface area contributed by atoms with E-state index in [0.29, 0.717) is 5.69 Å². The first-order valence-corrected chi connectivity index (χ1v) is 7.22. The van der Waals surface area contributed by atoms with E-state index in [0.717, 1.165) is 11.1 Å². The second kappa shape index (κ2) is 5.68. The molecule has 2 heterocycles. The Morgan fingerprint density at radius 2 is 1.68 bits per heavy atom. The summed E-state index contributed by atoms with van der Waals surface area (Å²) in [7, 11) is 0. The van der Waals surface area contributed by atoms with Gasteiger partial charge in [-0.15, -0.1) is 0 Å². The first-order valence-electron chi connectivity index (χ1n) is 7.22. The van der Waals surface area contributed by atoms with Crippen LogP contribution >= 0.6 is 0 Å². The average molecular weight is 292 g/mol. The molecule has 3 heteroatoms. The largest absolute Gasteiger partial charge is 0.257 e. The van der Waals surface area contributed by atoms with Gasteiger partial charge in [-0.2, -0.15) is 0 Å². The quantitative estimate of drug-likeness (QED) is 0.569. The van der Waals surface area contributed by atoms with Gasteiger partial charge < -0.3 is 0 Å². The molecule has 0 atom stereocenters. The summed E-state index contributed by atoms with van der Waals surface area (Å²) in [6.07, 6.45) is 3.60. The van der Waals surface area contributed by atoms with Crippen molar-refractivity contribution in [3.63, 3.8) is 0 Å². The van der Waals surface area contributed by atoms with Crippen LogP contribution in [0.25, 0.3) is 10.9 Å². The lowest BCUT2D eigenvalue weighted by molar-refractivity contribution is 0.626. The lowest BCUT2D eigenvalue weighted by atomic mass is 9.87. The standard InChI is InChI=1S/C10H10FN.C9H7N/c1-10(2)6-12-9-7(10)4-3-5-8(9)11;1-2-6-9-8(4-1)5-3-7-10-9/h3-6H,1-2H3;1-7H. The Bertz CT molecular complexity index is 772. The molecule has 0 unspecified atom stereocenters. The number of aliphatic imine (C=N–C) groups is 1. The van der Waals surface area contributed by atoms with Crippen molar-refractivity contribution in [2.45, 2.75) is 19.3 Å². The molecule has 110 valence electrons. The SMILES string of the molecule is CC1(C)C=Nc2c(F)cccc21.c1ccc2ncccc2c1. The van der Waals surface area contributed by atoms with Crippen molar-refractivity contribution in [2.75, 3.05) is 0 Å². The fraction of sp³-hybridized carbons (Fsp3) is 0.158. The highest BCUT2D eigenvalue weighted by molar-refractivity contribution is 5.84. The summed E-state index contributed by atoms with van der Waals surface area (Å²) in [4.78, 5) is 8.23. The summed E-state index contributed by atoms with van der Waals surface area (Å²) in [5, 5.41) is 1.20. The molecule has 22 heavy (non-hydrogen) atoms. The number of para-hydroxylation sites is 2. The van der Waals surface area contributed by atoms with Gasteiger partial charge in [0.2, 0.25) is 0 Å². The molecule has 3 aromatic rings. The van der Waals surface area contributed by atoms with Crippen LogP contribution in [0.1, 0.15) is 19.4 Å². The molecule has 0 saturated heterocycles. The molecular weight excluding hydrogens is 275 g/mol. The van der Waals surface area contributed by atoms with E-state index in [2.05, 4.69) is 22.1 Å². The van der Waals surface area contributed by atoms with Crippen LogP contribution in [0.4, 0.5) is 10.1 Å². The van der Waals surface area contributed by atoms with Crippen molar-refractivity contribution >= 4 is 22.8 Å². The molecule has 0 bridgehead atoms. The average Bonchev–Trinajstić information content (AvgIpc) is 2.85. The summed E-state index contributed by atoms with van der Waals surface area (Å²) in [5.41, 5.74) is 2.42. The Hall–Kier alpha value is -2.55. The van der Waals surface area contributed by atoms with Crippen LogP contribution < -0.4 is 0 Å². The maximum atomic E-state index is 13.1. The van der Waals surface area contributed by atoms with Crippen LogP contribution in [-0.4, -0.2) is 11.2 Å². The number of hydrogen-bond donors (Lipinski definition) is 0. The molecule has 1 aliphatic heterocycles. The summed E-state index contributed by atoms with van der Waals surface area (Å²) in [6, 6.07) is 17.2. The highest BCUT2D eigenvalue weighted by atomic mass is 19.1. The van der Waals surface area contributed by atoms with Crippen molar-refractivity contribution < 1.29 is 4.39 Å². The molecular formula is C19H17FN2. The molecule has 0 aliphatic carbocycles. The van der Waals surface area contributed by atoms with Gasteiger partial charge in [-0.05, 0) is 23.8 Å². The number of nitrogens with zero attached hydrogens (tertiary/aromatic N) is 2. The molecule has 1 aliphatic rings. The van der Waals surface area contributed by atoms with Crippen LogP contribution in [0.3, 0.4) is 0 Å². The van der Waals surface area contributed by atoms with Gasteiger partial charge in [0.05, 0.1) is 5.52 Å². The number of rotatable bonds is 0. The molecule has 1 aromatic heterocycles. The van der Waals surface area contributed by atoms with E-state index in [4.69, 9.17) is 0 Å². The van der Waals surface area contributed by atoms with Crippen molar-refractivity contribution in [2.24, 2.45) is 4.99 Å². The van der Waals surface area contributed by atoms with E-state index in [9.17, 15) is 4.39 Å². The van der Waals surface area contributed by atoms with Gasteiger partial charge in [0.1, 0.15) is 11.5 Å². The highest BCUT2D eigenvalue weighted by Gasteiger charge is 2.27. The molecule has 0 spiro atoms. The fourth-order valence-corrected chi connectivity index (χ4v) is 2.48. The van der Waals surface area contributed by atoms with Crippen molar-refractivity contribution in [1.82, 2.24) is 4.98 Å². The zero-order valence-electron chi connectivity index (χ0n) is 12.6. The second-order valence-corrected chi connectivity index (χ2v) is 5.81. The topological polar surface area (TPSA) is 25.2 Å². The van der Waals surface area contributed by atoms with Crippen molar-refractivity contribution in [3.05, 3.63) is 72.2 Å². The maximum Gasteiger partial charge on any atom is 0.149 e. The third kappa shape index (κ3) is 2.75. The van der Waals surface area contributed by atoms with Crippen LogP contribution in [0.15, 0.2) is 65.8 Å². The Balaban J connectivity index is 0.000000133. The third-order valence-electron chi connectivity index (χ3n) is 3.71. The zero-order valence-corrected chi connectivity index (χ0v) is 12.6. The Labute approximate surface area is 129 Å². The summed E-state index contributed by atoms with van der Waals surface area (Å²) >= 11 is 0. The molecule has 0 fully saturated rings. The first kappa shape index (κ1) is 14.4. The number of halogens is 1. The Morgan fingerprint density at radius 3 is 2.45 bits per heavy atom. The minimum atomic E-state index is -0.227. The van der Waals surface area contributed by atoms with Crippen molar-refractivity contribution in [1.29, 1.82) is 0 Å². The van der Waals surface area contributed by atoms with Crippen LogP contribution in [-0.2, 0) is 5.41 Å². The van der Waals surface area contributed by atoms with E-state index in [-0.39, 0.29) is 11.2 Å². The summed E-state index contributed by atoms with van der Waals surface area (Å²) < 4.78 is 13.1. The number of aromatic nitrogens is 1. The Morgan fingerprint density at radius 1 is 0.909 bits per heavy atom. The molecule has 2 nitrogen and oxygen atoms in total. The maximum absolute atomic E-state index is 13.1. The molecule has 0 radical (unpaired) electrons. The van der Waals surface area contributed by atoms with E-state index < -0.39 is 0 Å². The second-order valence-electron chi connectivity index (χ2n) is 5.81. The monoisotopic (exact) mass is 292 g/mol. The van der Waals surface area contributed by atoms with Gasteiger partial charge in [-0.1, -0.05) is 50.2 Å². The Kier molecular flexibility index (Phi) is 3.72. The predicted octanol–water partition coefficient (Wildman–Crippen LogP) is 5.05. The van der Waals surface area contributed by atoms with E-state index in [1.807, 2.05) is 50.4 Å². The van der Waals surface area contributed by atoms with E-state index in [1.165, 1.54) is 11.5 Å². The summed E-state index contributed by atoms with van der Waals surface area (Å²) in [6.45, 7) is 4.06. The predicted molar refractivity (Wildman–Crippen MR) is 89.3 cm³/mol. The van der Waals surface area contributed by atoms with Gasteiger partial charge in [-0.3, -0.25) is 9.98 Å². The van der Waals surface area contributed by atoms with Crippen LogP contribution in [0.5, 0.6) is 0 Å². The zero-order chi connectivity index (χ0) is 15.6. The van der Waals surface area contributed by atoms with E-state index in [1.54, 1.807) is 12.3 Å².